The van der Waals surface area contributed by atoms with Crippen molar-refractivity contribution in [2.45, 2.75) is 38.6 Å². The molecule has 0 fully saturated rings. The third-order valence-corrected chi connectivity index (χ3v) is 4.35. The lowest BCUT2D eigenvalue weighted by atomic mass is 10.1. The van der Waals surface area contributed by atoms with Crippen LogP contribution < -0.4 is 9.80 Å². The van der Waals surface area contributed by atoms with Crippen molar-refractivity contribution in [3.63, 3.8) is 0 Å². The summed E-state index contributed by atoms with van der Waals surface area (Å²) in [5.74, 6) is 0.331. The van der Waals surface area contributed by atoms with Crippen molar-refractivity contribution in [2.75, 3.05) is 29.5 Å². The van der Waals surface area contributed by atoms with Gasteiger partial charge in [0, 0.05) is 6.54 Å². The molecule has 27 heavy (non-hydrogen) atoms. The van der Waals surface area contributed by atoms with Gasteiger partial charge in [-0.25, -0.2) is 9.59 Å². The highest BCUT2D eigenvalue weighted by Crippen LogP contribution is 2.33. The number of para-hydroxylation sites is 2. The van der Waals surface area contributed by atoms with Gasteiger partial charge < -0.3 is 25.2 Å². The molecule has 1 heterocycles. The van der Waals surface area contributed by atoms with Crippen molar-refractivity contribution < 1.29 is 34.8 Å². The van der Waals surface area contributed by atoms with Crippen LogP contribution >= 0.6 is 0 Å². The first-order valence-corrected chi connectivity index (χ1v) is 8.81. The van der Waals surface area contributed by atoms with Gasteiger partial charge in [0.1, 0.15) is 18.3 Å². The molecule has 1 aromatic carbocycles. The summed E-state index contributed by atoms with van der Waals surface area (Å²) in [6.07, 6.45) is -5.93. The van der Waals surface area contributed by atoms with Gasteiger partial charge in [0.25, 0.3) is 0 Å². The fourth-order valence-corrected chi connectivity index (χ4v) is 2.73. The molecule has 3 unspecified atom stereocenters. The summed E-state index contributed by atoms with van der Waals surface area (Å²) in [5, 5.41) is 38.4. The van der Waals surface area contributed by atoms with E-state index in [0.29, 0.717) is 30.3 Å². The first kappa shape index (κ1) is 21.1. The van der Waals surface area contributed by atoms with E-state index < -0.39 is 43.7 Å². The highest BCUT2D eigenvalue weighted by Gasteiger charge is 2.36. The Kier molecular flexibility index (Phi) is 7.14. The number of aliphatic hydroxyl groups is 4. The summed E-state index contributed by atoms with van der Waals surface area (Å²) >= 11 is 0. The highest BCUT2D eigenvalue weighted by atomic mass is 16.6. The van der Waals surface area contributed by atoms with E-state index in [9.17, 15) is 24.9 Å². The van der Waals surface area contributed by atoms with Crippen LogP contribution in [0.3, 0.4) is 0 Å². The van der Waals surface area contributed by atoms with E-state index in [1.807, 2.05) is 13.8 Å². The Hall–Kier alpha value is -2.20. The molecule has 2 amide bonds. The van der Waals surface area contributed by atoms with Gasteiger partial charge in [0.2, 0.25) is 0 Å². The number of β-amino-alcohol motifs (C(OH)–C–C–N with tert-alkyl or cyclic N) is 1. The number of rotatable bonds is 8. The molecule has 4 N–H and O–H groups in total. The normalized spacial score (nSPS) is 18.0. The Morgan fingerprint density at radius 2 is 1.52 bits per heavy atom. The number of hydrogen-bond acceptors (Lipinski definition) is 7. The average Bonchev–Trinajstić information content (AvgIpc) is 2.73. The number of hydrogen-bond donors (Lipinski definition) is 4. The molecule has 3 atom stereocenters. The zero-order chi connectivity index (χ0) is 20.1. The molecular formula is C18H26N2O7. The predicted molar refractivity (Wildman–Crippen MR) is 97.6 cm³/mol. The molecule has 150 valence electrons. The maximum absolute atomic E-state index is 12.4. The van der Waals surface area contributed by atoms with Gasteiger partial charge in [0.05, 0.1) is 24.5 Å². The minimum Gasteiger partial charge on any atom is -0.394 e. The molecule has 0 aliphatic carbocycles. The zero-order valence-electron chi connectivity index (χ0n) is 15.4. The number of anilines is 2. The van der Waals surface area contributed by atoms with Crippen LogP contribution in [0.4, 0.5) is 21.0 Å². The fourth-order valence-electron chi connectivity index (χ4n) is 2.73. The first-order valence-electron chi connectivity index (χ1n) is 8.81. The molecule has 0 radical (unpaired) electrons. The summed E-state index contributed by atoms with van der Waals surface area (Å²) in [6.45, 7) is 3.19. The Morgan fingerprint density at radius 3 is 2.07 bits per heavy atom. The van der Waals surface area contributed by atoms with Crippen molar-refractivity contribution in [1.82, 2.24) is 0 Å². The lowest BCUT2D eigenvalue weighted by molar-refractivity contribution is -0.0728. The van der Waals surface area contributed by atoms with Gasteiger partial charge in [0.15, 0.2) is 0 Å². The fraction of sp³-hybridized carbons (Fsp3) is 0.556. The third-order valence-electron chi connectivity index (χ3n) is 4.35. The van der Waals surface area contributed by atoms with Gasteiger partial charge in [-0.2, -0.15) is 0 Å². The van der Waals surface area contributed by atoms with Crippen molar-refractivity contribution in [3.8, 4) is 0 Å². The summed E-state index contributed by atoms with van der Waals surface area (Å²) < 4.78 is 4.89. The average molecular weight is 382 g/mol. The number of fused-ring (bicyclic) bond motifs is 1. The Balaban J connectivity index is 2.33. The van der Waals surface area contributed by atoms with Crippen molar-refractivity contribution >= 4 is 23.6 Å². The lowest BCUT2D eigenvalue weighted by Gasteiger charge is -2.28. The van der Waals surface area contributed by atoms with Crippen LogP contribution in [0.5, 0.6) is 0 Å². The van der Waals surface area contributed by atoms with Crippen molar-refractivity contribution in [3.05, 3.63) is 24.3 Å². The van der Waals surface area contributed by atoms with E-state index in [1.54, 1.807) is 24.3 Å². The van der Waals surface area contributed by atoms with E-state index in [2.05, 4.69) is 0 Å². The van der Waals surface area contributed by atoms with Crippen molar-refractivity contribution in [2.24, 2.45) is 5.92 Å². The molecule has 1 aromatic rings. The van der Waals surface area contributed by atoms with E-state index in [4.69, 9.17) is 9.84 Å². The number of benzene rings is 1. The van der Waals surface area contributed by atoms with Gasteiger partial charge in [-0.3, -0.25) is 9.80 Å². The summed E-state index contributed by atoms with van der Waals surface area (Å²) in [7, 11) is 0. The van der Waals surface area contributed by atoms with Crippen LogP contribution in [0.15, 0.2) is 24.3 Å². The predicted octanol–water partition coefficient (Wildman–Crippen LogP) is 0.691. The second-order valence-electron chi connectivity index (χ2n) is 6.88. The van der Waals surface area contributed by atoms with Gasteiger partial charge >= 0.3 is 12.2 Å². The van der Waals surface area contributed by atoms with Crippen LogP contribution in [-0.4, -0.2) is 70.6 Å². The molecule has 0 saturated heterocycles. The van der Waals surface area contributed by atoms with Gasteiger partial charge in [-0.15, -0.1) is 0 Å². The van der Waals surface area contributed by atoms with Crippen LogP contribution in [0, 0.1) is 5.92 Å². The van der Waals surface area contributed by atoms with E-state index >= 15 is 0 Å². The number of cyclic esters (lactones) is 2. The molecule has 2 rings (SSSR count). The van der Waals surface area contributed by atoms with E-state index in [1.165, 1.54) is 4.90 Å². The zero-order valence-corrected chi connectivity index (χ0v) is 15.4. The van der Waals surface area contributed by atoms with Crippen LogP contribution in [0.1, 0.15) is 20.3 Å². The number of carbonyl (C=O) groups is 2. The molecule has 0 aromatic heterocycles. The Bertz CT molecular complexity index is 667. The smallest absolute Gasteiger partial charge is 0.394 e. The largest absolute Gasteiger partial charge is 0.423 e. The number of carbonyl (C=O) groups excluding carboxylic acids is 2. The van der Waals surface area contributed by atoms with E-state index in [-0.39, 0.29) is 0 Å². The summed E-state index contributed by atoms with van der Waals surface area (Å²) in [6, 6.07) is 6.64. The second-order valence-corrected chi connectivity index (χ2v) is 6.88. The minimum atomic E-state index is -1.68. The lowest BCUT2D eigenvalue weighted by Crippen LogP contribution is -2.47. The molecule has 1 aliphatic heterocycles. The molecule has 1 aliphatic rings. The molecule has 0 bridgehead atoms. The standard InChI is InChI=1S/C18H26N2O7/c1-11(2)7-8-19-12-5-3-4-6-13(12)20(18(26)27-17(19)25)9-14(22)16(24)15(23)10-21/h3-6,11,14-16,21-24H,7-10H2,1-2H3. The first-order chi connectivity index (χ1) is 12.8. The van der Waals surface area contributed by atoms with Crippen molar-refractivity contribution in [1.29, 1.82) is 0 Å². The topological polar surface area (TPSA) is 131 Å². The maximum Gasteiger partial charge on any atom is 0.423 e. The SMILES string of the molecule is CC(C)CCN1C(=O)OC(=O)N(CC(O)C(O)C(O)CO)c2ccccc21. The quantitative estimate of drug-likeness (QED) is 0.487. The Labute approximate surface area is 157 Å². The molecule has 0 saturated carbocycles. The summed E-state index contributed by atoms with van der Waals surface area (Å²) in [4.78, 5) is 27.2. The number of aliphatic hydroxyl groups excluding tert-OH is 4. The molecule has 0 spiro atoms. The second kappa shape index (κ2) is 9.14. The monoisotopic (exact) mass is 382 g/mol. The van der Waals surface area contributed by atoms with Gasteiger partial charge in [-0.1, -0.05) is 26.0 Å². The molecule has 9 nitrogen and oxygen atoms in total. The number of nitrogens with zero attached hydrogens (tertiary/aromatic N) is 2. The summed E-state index contributed by atoms with van der Waals surface area (Å²) in [5.41, 5.74) is 0.778. The minimum absolute atomic E-state index is 0.331. The van der Waals surface area contributed by atoms with Gasteiger partial charge in [-0.05, 0) is 24.5 Å². The van der Waals surface area contributed by atoms with Crippen LogP contribution in [-0.2, 0) is 4.74 Å². The molecular weight excluding hydrogens is 356 g/mol. The molecule has 9 heteroatoms. The number of ether oxygens (including phenoxy) is 1. The van der Waals surface area contributed by atoms with Crippen LogP contribution in [0.2, 0.25) is 0 Å². The van der Waals surface area contributed by atoms with Crippen LogP contribution in [0.25, 0.3) is 0 Å². The Morgan fingerprint density at radius 1 is 0.963 bits per heavy atom. The highest BCUT2D eigenvalue weighted by molar-refractivity contribution is 6.07. The van der Waals surface area contributed by atoms with E-state index in [0.717, 1.165) is 4.90 Å². The third kappa shape index (κ3) is 4.95. The maximum atomic E-state index is 12.4. The number of amides is 2.